The van der Waals surface area contributed by atoms with E-state index in [0.29, 0.717) is 0 Å². The molecule has 1 aromatic carbocycles. The van der Waals surface area contributed by atoms with Gasteiger partial charge in [0.15, 0.2) is 0 Å². The second-order valence-electron chi connectivity index (χ2n) is 5.85. The molecule has 1 aliphatic heterocycles. The zero-order chi connectivity index (χ0) is 12.6. The van der Waals surface area contributed by atoms with Crippen molar-refractivity contribution in [2.75, 3.05) is 0 Å². The number of fused-ring (bicyclic) bond motifs is 3. The second kappa shape index (κ2) is 4.38. The third-order valence-corrected chi connectivity index (χ3v) is 4.35. The molecule has 0 aromatic heterocycles. The Labute approximate surface area is 110 Å². The molecule has 0 radical (unpaired) electrons. The molecular formula is C17H21N. The number of nitrogens with zero attached hydrogens (tertiary/aromatic N) is 1. The Morgan fingerprint density at radius 3 is 2.94 bits per heavy atom. The molecule has 0 spiro atoms. The van der Waals surface area contributed by atoms with Gasteiger partial charge in [-0.05, 0) is 51.2 Å². The first-order valence-corrected chi connectivity index (χ1v) is 7.03. The molecule has 1 aliphatic carbocycles. The van der Waals surface area contributed by atoms with Gasteiger partial charge in [-0.3, -0.25) is 4.99 Å². The highest BCUT2D eigenvalue weighted by Crippen LogP contribution is 2.49. The SMILES string of the molecule is CC(C)=CCC12CCCCC1=Nc1ccccc12. The maximum absolute atomic E-state index is 4.91. The van der Waals surface area contributed by atoms with Crippen molar-refractivity contribution in [2.45, 2.75) is 51.4 Å². The van der Waals surface area contributed by atoms with Gasteiger partial charge in [0.05, 0.1) is 5.69 Å². The molecule has 3 rings (SSSR count). The van der Waals surface area contributed by atoms with Gasteiger partial charge < -0.3 is 0 Å². The minimum atomic E-state index is 0.228. The summed E-state index contributed by atoms with van der Waals surface area (Å²) in [5, 5.41) is 0. The van der Waals surface area contributed by atoms with Crippen molar-refractivity contribution in [3.05, 3.63) is 41.5 Å². The maximum atomic E-state index is 4.91. The van der Waals surface area contributed by atoms with Gasteiger partial charge in [-0.1, -0.05) is 36.3 Å². The van der Waals surface area contributed by atoms with Crippen molar-refractivity contribution in [3.63, 3.8) is 0 Å². The lowest BCUT2D eigenvalue weighted by molar-refractivity contribution is 0.466. The summed E-state index contributed by atoms with van der Waals surface area (Å²) in [4.78, 5) is 4.91. The zero-order valence-corrected chi connectivity index (χ0v) is 11.4. The molecule has 0 saturated heterocycles. The number of aliphatic imine (C=N–C) groups is 1. The molecule has 94 valence electrons. The molecule has 0 N–H and O–H groups in total. The smallest absolute Gasteiger partial charge is 0.0671 e. The summed E-state index contributed by atoms with van der Waals surface area (Å²) in [5.41, 5.74) is 5.77. The van der Waals surface area contributed by atoms with Crippen molar-refractivity contribution in [1.29, 1.82) is 0 Å². The number of hydrogen-bond acceptors (Lipinski definition) is 1. The van der Waals surface area contributed by atoms with Crippen molar-refractivity contribution in [2.24, 2.45) is 4.99 Å². The van der Waals surface area contributed by atoms with Crippen LogP contribution in [-0.2, 0) is 5.41 Å². The highest BCUT2D eigenvalue weighted by Gasteiger charge is 2.43. The first-order valence-electron chi connectivity index (χ1n) is 7.03. The average molecular weight is 239 g/mol. The summed E-state index contributed by atoms with van der Waals surface area (Å²) < 4.78 is 0. The summed E-state index contributed by atoms with van der Waals surface area (Å²) in [6, 6.07) is 8.73. The highest BCUT2D eigenvalue weighted by molar-refractivity contribution is 6.02. The highest BCUT2D eigenvalue weighted by atomic mass is 14.8. The van der Waals surface area contributed by atoms with E-state index in [1.165, 1.54) is 48.2 Å². The van der Waals surface area contributed by atoms with Crippen molar-refractivity contribution >= 4 is 11.4 Å². The number of para-hydroxylation sites is 1. The van der Waals surface area contributed by atoms with Crippen molar-refractivity contribution < 1.29 is 0 Å². The van der Waals surface area contributed by atoms with E-state index >= 15 is 0 Å². The topological polar surface area (TPSA) is 12.4 Å². The maximum Gasteiger partial charge on any atom is 0.0671 e. The van der Waals surface area contributed by atoms with E-state index in [9.17, 15) is 0 Å². The summed E-state index contributed by atoms with van der Waals surface area (Å²) in [6.07, 6.45) is 8.62. The van der Waals surface area contributed by atoms with E-state index in [4.69, 9.17) is 4.99 Å². The molecule has 1 fully saturated rings. The van der Waals surface area contributed by atoms with Crippen LogP contribution in [0.4, 0.5) is 5.69 Å². The molecule has 1 nitrogen and oxygen atoms in total. The zero-order valence-electron chi connectivity index (χ0n) is 11.4. The number of rotatable bonds is 2. The summed E-state index contributed by atoms with van der Waals surface area (Å²) in [5.74, 6) is 0. The third kappa shape index (κ3) is 1.73. The quantitative estimate of drug-likeness (QED) is 0.648. The van der Waals surface area contributed by atoms with Crippen molar-refractivity contribution in [1.82, 2.24) is 0 Å². The minimum absolute atomic E-state index is 0.228. The van der Waals surface area contributed by atoms with Crippen LogP contribution in [0.2, 0.25) is 0 Å². The van der Waals surface area contributed by atoms with E-state index in [0.717, 1.165) is 6.42 Å². The van der Waals surface area contributed by atoms with Crippen LogP contribution in [0, 0.1) is 0 Å². The average Bonchev–Trinajstić information content (AvgIpc) is 2.71. The van der Waals surface area contributed by atoms with E-state index in [1.54, 1.807) is 0 Å². The molecule has 1 atom stereocenters. The first-order chi connectivity index (χ1) is 8.72. The fourth-order valence-electron chi connectivity index (χ4n) is 3.39. The second-order valence-corrected chi connectivity index (χ2v) is 5.85. The van der Waals surface area contributed by atoms with Crippen molar-refractivity contribution in [3.8, 4) is 0 Å². The lowest BCUT2D eigenvalue weighted by Gasteiger charge is -2.35. The summed E-state index contributed by atoms with van der Waals surface area (Å²) in [6.45, 7) is 4.38. The Kier molecular flexibility index (Phi) is 2.85. The molecule has 1 heteroatoms. The van der Waals surface area contributed by atoms with Crippen LogP contribution >= 0.6 is 0 Å². The van der Waals surface area contributed by atoms with Gasteiger partial charge >= 0.3 is 0 Å². The minimum Gasteiger partial charge on any atom is -0.257 e. The van der Waals surface area contributed by atoms with Crippen LogP contribution < -0.4 is 0 Å². The van der Waals surface area contributed by atoms with E-state index in [-0.39, 0.29) is 5.41 Å². The normalized spacial score (nSPS) is 25.1. The Balaban J connectivity index is 2.07. The molecule has 0 bridgehead atoms. The van der Waals surface area contributed by atoms with Gasteiger partial charge in [0.1, 0.15) is 0 Å². The third-order valence-electron chi connectivity index (χ3n) is 4.35. The molecule has 1 unspecified atom stereocenters. The van der Waals surface area contributed by atoms with E-state index < -0.39 is 0 Å². The van der Waals surface area contributed by atoms with Gasteiger partial charge in [0.25, 0.3) is 0 Å². The number of allylic oxidation sites excluding steroid dienone is 2. The first kappa shape index (κ1) is 11.7. The Hall–Kier alpha value is -1.37. The lowest BCUT2D eigenvalue weighted by Crippen LogP contribution is -2.35. The lowest BCUT2D eigenvalue weighted by atomic mass is 9.67. The molecular weight excluding hydrogens is 218 g/mol. The molecule has 1 heterocycles. The molecule has 1 aromatic rings. The van der Waals surface area contributed by atoms with Crippen LogP contribution in [-0.4, -0.2) is 5.71 Å². The number of hydrogen-bond donors (Lipinski definition) is 0. The predicted octanol–water partition coefficient (Wildman–Crippen LogP) is 4.94. The van der Waals surface area contributed by atoms with E-state index in [2.05, 4.69) is 44.2 Å². The molecule has 0 amide bonds. The fraction of sp³-hybridized carbons (Fsp3) is 0.471. The Morgan fingerprint density at radius 1 is 1.28 bits per heavy atom. The van der Waals surface area contributed by atoms with Gasteiger partial charge in [-0.25, -0.2) is 0 Å². The van der Waals surface area contributed by atoms with Gasteiger partial charge in [0, 0.05) is 11.1 Å². The monoisotopic (exact) mass is 239 g/mol. The van der Waals surface area contributed by atoms with E-state index in [1.807, 2.05) is 0 Å². The van der Waals surface area contributed by atoms with Crippen LogP contribution in [0.1, 0.15) is 51.5 Å². The van der Waals surface area contributed by atoms with Crippen LogP contribution in [0.5, 0.6) is 0 Å². The molecule has 1 saturated carbocycles. The van der Waals surface area contributed by atoms with Gasteiger partial charge in [0.2, 0.25) is 0 Å². The predicted molar refractivity (Wildman–Crippen MR) is 77.7 cm³/mol. The Morgan fingerprint density at radius 2 is 2.11 bits per heavy atom. The van der Waals surface area contributed by atoms with Gasteiger partial charge in [-0.2, -0.15) is 0 Å². The van der Waals surface area contributed by atoms with Crippen LogP contribution in [0.15, 0.2) is 40.9 Å². The fourth-order valence-corrected chi connectivity index (χ4v) is 3.39. The molecule has 2 aliphatic rings. The number of benzene rings is 1. The summed E-state index contributed by atoms with van der Waals surface area (Å²) in [7, 11) is 0. The van der Waals surface area contributed by atoms with Gasteiger partial charge in [-0.15, -0.1) is 0 Å². The Bertz CT molecular complexity index is 520. The summed E-state index contributed by atoms with van der Waals surface area (Å²) >= 11 is 0. The van der Waals surface area contributed by atoms with Crippen LogP contribution in [0.3, 0.4) is 0 Å². The molecule has 18 heavy (non-hydrogen) atoms. The van der Waals surface area contributed by atoms with Crippen LogP contribution in [0.25, 0.3) is 0 Å². The standard InChI is InChI=1S/C17H21N/c1-13(2)10-12-17-11-6-5-9-16(17)18-15-8-4-3-7-14(15)17/h3-4,7-8,10H,5-6,9,11-12H2,1-2H3. The largest absolute Gasteiger partial charge is 0.257 e.